The number of aromatic nitrogens is 2. The third-order valence-corrected chi connectivity index (χ3v) is 3.97. The number of nitrogens with one attached hydrogen (secondary N) is 1. The third kappa shape index (κ3) is 2.30. The largest absolute Gasteiger partial charge is 0.368 e. The van der Waals surface area contributed by atoms with Crippen molar-refractivity contribution in [2.24, 2.45) is 11.3 Å². The van der Waals surface area contributed by atoms with Crippen LogP contribution in [0.5, 0.6) is 0 Å². The van der Waals surface area contributed by atoms with Crippen molar-refractivity contribution in [1.82, 2.24) is 9.97 Å². The second-order valence-corrected chi connectivity index (χ2v) is 5.44. The zero-order valence-electron chi connectivity index (χ0n) is 9.13. The Morgan fingerprint density at radius 3 is 2.80 bits per heavy atom. The first-order valence-corrected chi connectivity index (χ1v) is 6.13. The van der Waals surface area contributed by atoms with Gasteiger partial charge in [-0.15, -0.1) is 0 Å². The molecule has 1 aromatic heterocycles. The highest BCUT2D eigenvalue weighted by Crippen LogP contribution is 2.51. The van der Waals surface area contributed by atoms with Crippen LogP contribution in [-0.2, 0) is 0 Å². The topological polar surface area (TPSA) is 37.8 Å². The first-order valence-electron chi connectivity index (χ1n) is 5.33. The van der Waals surface area contributed by atoms with E-state index in [1.165, 1.54) is 12.8 Å². The monoisotopic (exact) mass is 269 g/mol. The minimum Gasteiger partial charge on any atom is -0.368 e. The lowest BCUT2D eigenvalue weighted by atomic mass is 9.92. The molecular weight excluding hydrogens is 254 g/mol. The van der Waals surface area contributed by atoms with Gasteiger partial charge in [0.25, 0.3) is 0 Å². The molecule has 1 aliphatic rings. The van der Waals surface area contributed by atoms with Crippen molar-refractivity contribution in [3.63, 3.8) is 0 Å². The van der Waals surface area contributed by atoms with Crippen molar-refractivity contribution >= 4 is 21.7 Å². The van der Waals surface area contributed by atoms with Crippen molar-refractivity contribution in [2.45, 2.75) is 26.7 Å². The van der Waals surface area contributed by atoms with Gasteiger partial charge in [0.15, 0.2) is 0 Å². The predicted molar refractivity (Wildman–Crippen MR) is 64.7 cm³/mol. The molecular formula is C11H16BrN3. The molecule has 0 radical (unpaired) electrons. The van der Waals surface area contributed by atoms with E-state index in [0.29, 0.717) is 5.41 Å². The van der Waals surface area contributed by atoms with Crippen molar-refractivity contribution in [3.8, 4) is 0 Å². The molecule has 0 saturated heterocycles. The van der Waals surface area contributed by atoms with Gasteiger partial charge < -0.3 is 5.32 Å². The highest BCUT2D eigenvalue weighted by Gasteiger charge is 2.44. The van der Waals surface area contributed by atoms with E-state index < -0.39 is 0 Å². The fraction of sp³-hybridized carbons (Fsp3) is 0.636. The number of halogens is 1. The van der Waals surface area contributed by atoms with E-state index in [0.717, 1.165) is 22.8 Å². The van der Waals surface area contributed by atoms with E-state index in [9.17, 15) is 0 Å². The lowest BCUT2D eigenvalue weighted by Gasteiger charge is -2.20. The normalized spacial score (nSPS) is 17.9. The van der Waals surface area contributed by atoms with Crippen LogP contribution in [0.3, 0.4) is 0 Å². The molecule has 0 atom stereocenters. The van der Waals surface area contributed by atoms with Gasteiger partial charge in [0.1, 0.15) is 12.1 Å². The number of anilines is 1. The van der Waals surface area contributed by atoms with E-state index in [4.69, 9.17) is 0 Å². The molecule has 2 rings (SSSR count). The van der Waals surface area contributed by atoms with Gasteiger partial charge in [-0.25, -0.2) is 9.97 Å². The van der Waals surface area contributed by atoms with Crippen LogP contribution in [-0.4, -0.2) is 16.5 Å². The van der Waals surface area contributed by atoms with E-state index in [1.54, 1.807) is 12.5 Å². The summed E-state index contributed by atoms with van der Waals surface area (Å²) in [6.07, 6.45) is 6.01. The van der Waals surface area contributed by atoms with Crippen LogP contribution in [0.25, 0.3) is 0 Å². The highest BCUT2D eigenvalue weighted by molar-refractivity contribution is 9.10. The smallest absolute Gasteiger partial charge is 0.143 e. The van der Waals surface area contributed by atoms with Gasteiger partial charge in [-0.3, -0.25) is 0 Å². The molecule has 1 N–H and O–H groups in total. The van der Waals surface area contributed by atoms with Crippen LogP contribution in [0.1, 0.15) is 26.7 Å². The Morgan fingerprint density at radius 2 is 2.27 bits per heavy atom. The second kappa shape index (κ2) is 4.08. The summed E-state index contributed by atoms with van der Waals surface area (Å²) in [5.41, 5.74) is 0.504. The number of nitrogens with zero attached hydrogens (tertiary/aromatic N) is 2. The Balaban J connectivity index is 1.97. The van der Waals surface area contributed by atoms with Gasteiger partial charge >= 0.3 is 0 Å². The number of rotatable bonds is 4. The molecule has 1 aliphatic carbocycles. The average Bonchev–Trinajstić information content (AvgIpc) is 2.98. The van der Waals surface area contributed by atoms with E-state index in [2.05, 4.69) is 45.1 Å². The van der Waals surface area contributed by atoms with Crippen molar-refractivity contribution in [3.05, 3.63) is 17.0 Å². The first-order chi connectivity index (χ1) is 7.14. The standard InChI is InChI=1S/C11H16BrN3/c1-8(2)11(3-4-11)6-14-10-9(12)5-13-7-15-10/h5,7-8H,3-4,6H2,1-2H3,(H,13,14,15). The van der Waals surface area contributed by atoms with E-state index >= 15 is 0 Å². The quantitative estimate of drug-likeness (QED) is 0.913. The summed E-state index contributed by atoms with van der Waals surface area (Å²) in [6.45, 7) is 5.60. The maximum Gasteiger partial charge on any atom is 0.143 e. The first kappa shape index (κ1) is 10.9. The van der Waals surface area contributed by atoms with Crippen LogP contribution in [0.15, 0.2) is 17.0 Å². The maximum atomic E-state index is 4.20. The molecule has 1 heterocycles. The summed E-state index contributed by atoms with van der Waals surface area (Å²) in [5, 5.41) is 3.40. The molecule has 0 spiro atoms. The molecule has 15 heavy (non-hydrogen) atoms. The molecule has 1 fully saturated rings. The lowest BCUT2D eigenvalue weighted by Crippen LogP contribution is -2.21. The fourth-order valence-corrected chi connectivity index (χ4v) is 2.18. The molecule has 0 aromatic carbocycles. The van der Waals surface area contributed by atoms with Gasteiger partial charge in [0.05, 0.1) is 4.47 Å². The van der Waals surface area contributed by atoms with Crippen molar-refractivity contribution in [1.29, 1.82) is 0 Å². The van der Waals surface area contributed by atoms with Gasteiger partial charge in [-0.05, 0) is 40.1 Å². The minimum atomic E-state index is 0.504. The SMILES string of the molecule is CC(C)C1(CNc2ncncc2Br)CC1. The Kier molecular flexibility index (Phi) is 2.96. The van der Waals surface area contributed by atoms with E-state index in [-0.39, 0.29) is 0 Å². The summed E-state index contributed by atoms with van der Waals surface area (Å²) < 4.78 is 0.935. The molecule has 1 aromatic rings. The maximum absolute atomic E-state index is 4.20. The molecule has 4 heteroatoms. The van der Waals surface area contributed by atoms with Gasteiger partial charge in [0, 0.05) is 12.7 Å². The van der Waals surface area contributed by atoms with Crippen LogP contribution in [0.4, 0.5) is 5.82 Å². The van der Waals surface area contributed by atoms with Crippen molar-refractivity contribution in [2.75, 3.05) is 11.9 Å². The summed E-state index contributed by atoms with van der Waals surface area (Å²) >= 11 is 3.43. The molecule has 3 nitrogen and oxygen atoms in total. The summed E-state index contributed by atoms with van der Waals surface area (Å²) in [6, 6.07) is 0. The average molecular weight is 270 g/mol. The van der Waals surface area contributed by atoms with Crippen LogP contribution in [0, 0.1) is 11.3 Å². The minimum absolute atomic E-state index is 0.504. The predicted octanol–water partition coefficient (Wildman–Crippen LogP) is 3.09. The van der Waals surface area contributed by atoms with Gasteiger partial charge in [-0.1, -0.05) is 13.8 Å². The number of hydrogen-bond acceptors (Lipinski definition) is 3. The lowest BCUT2D eigenvalue weighted by molar-refractivity contribution is 0.380. The molecule has 0 bridgehead atoms. The van der Waals surface area contributed by atoms with E-state index in [1.807, 2.05) is 0 Å². The van der Waals surface area contributed by atoms with Crippen LogP contribution < -0.4 is 5.32 Å². The second-order valence-electron chi connectivity index (χ2n) is 4.59. The number of hydrogen-bond donors (Lipinski definition) is 1. The molecule has 0 amide bonds. The molecule has 82 valence electrons. The van der Waals surface area contributed by atoms with Gasteiger partial charge in [-0.2, -0.15) is 0 Å². The Morgan fingerprint density at radius 1 is 1.53 bits per heavy atom. The Hall–Kier alpha value is -0.640. The third-order valence-electron chi connectivity index (χ3n) is 3.39. The highest BCUT2D eigenvalue weighted by atomic mass is 79.9. The summed E-state index contributed by atoms with van der Waals surface area (Å²) in [5.74, 6) is 1.64. The summed E-state index contributed by atoms with van der Waals surface area (Å²) in [4.78, 5) is 8.14. The van der Waals surface area contributed by atoms with Gasteiger partial charge in [0.2, 0.25) is 0 Å². The van der Waals surface area contributed by atoms with Crippen LogP contribution in [0.2, 0.25) is 0 Å². The molecule has 0 unspecified atom stereocenters. The van der Waals surface area contributed by atoms with Crippen molar-refractivity contribution < 1.29 is 0 Å². The Bertz CT molecular complexity index is 347. The fourth-order valence-electron chi connectivity index (χ4n) is 1.82. The zero-order chi connectivity index (χ0) is 10.9. The zero-order valence-corrected chi connectivity index (χ0v) is 10.7. The molecule has 1 saturated carbocycles. The van der Waals surface area contributed by atoms with Crippen LogP contribution >= 0.6 is 15.9 Å². The Labute approximate surface area is 98.8 Å². The summed E-state index contributed by atoms with van der Waals surface area (Å²) in [7, 11) is 0. The molecule has 0 aliphatic heterocycles.